The van der Waals surface area contributed by atoms with Crippen LogP contribution in [0.3, 0.4) is 0 Å². The Labute approximate surface area is 111 Å². The summed E-state index contributed by atoms with van der Waals surface area (Å²) in [4.78, 5) is 17.3. The van der Waals surface area contributed by atoms with Crippen LogP contribution < -0.4 is 16.4 Å². The topological polar surface area (TPSA) is 115 Å². The van der Waals surface area contributed by atoms with E-state index in [-0.39, 0.29) is 24.5 Å². The zero-order valence-corrected chi connectivity index (χ0v) is 10.7. The Hall–Kier alpha value is -1.86. The maximum Gasteiger partial charge on any atom is 0.267 e. The molecule has 19 heavy (non-hydrogen) atoms. The standard InChI is InChI=1S/C12H18N4O3/c1-7-4-16(5-8(6-17)19-7)12-9(13)2-3-10(15-12)11(14)18/h2-3,7-8,17H,4-6,13H2,1H3,(H2,14,18). The highest BCUT2D eigenvalue weighted by molar-refractivity contribution is 5.91. The molecule has 7 nitrogen and oxygen atoms in total. The van der Waals surface area contributed by atoms with Crippen LogP contribution in [0.4, 0.5) is 11.5 Å². The highest BCUT2D eigenvalue weighted by Gasteiger charge is 2.27. The van der Waals surface area contributed by atoms with Crippen LogP contribution >= 0.6 is 0 Å². The van der Waals surface area contributed by atoms with Crippen molar-refractivity contribution in [2.24, 2.45) is 5.73 Å². The van der Waals surface area contributed by atoms with E-state index in [0.29, 0.717) is 24.6 Å². The molecular weight excluding hydrogens is 248 g/mol. The smallest absolute Gasteiger partial charge is 0.267 e. The molecule has 1 aliphatic rings. The molecule has 1 aromatic rings. The van der Waals surface area contributed by atoms with Gasteiger partial charge in [-0.2, -0.15) is 0 Å². The van der Waals surface area contributed by atoms with E-state index in [1.807, 2.05) is 11.8 Å². The minimum atomic E-state index is -0.596. The molecule has 0 bridgehead atoms. The molecule has 0 aromatic carbocycles. The molecular formula is C12H18N4O3. The van der Waals surface area contributed by atoms with E-state index in [4.69, 9.17) is 16.2 Å². The maximum absolute atomic E-state index is 11.2. The predicted molar refractivity (Wildman–Crippen MR) is 70.8 cm³/mol. The van der Waals surface area contributed by atoms with Crippen LogP contribution in [-0.2, 0) is 4.74 Å². The lowest BCUT2D eigenvalue weighted by Gasteiger charge is -2.37. The van der Waals surface area contributed by atoms with Crippen LogP contribution in [0, 0.1) is 0 Å². The lowest BCUT2D eigenvalue weighted by molar-refractivity contribution is -0.0422. The monoisotopic (exact) mass is 266 g/mol. The molecule has 1 fully saturated rings. The van der Waals surface area contributed by atoms with Gasteiger partial charge in [0.1, 0.15) is 5.69 Å². The molecule has 1 amide bonds. The highest BCUT2D eigenvalue weighted by atomic mass is 16.5. The summed E-state index contributed by atoms with van der Waals surface area (Å²) in [6.45, 7) is 2.90. The Kier molecular flexibility index (Phi) is 3.87. The summed E-state index contributed by atoms with van der Waals surface area (Å²) in [5, 5.41) is 9.21. The summed E-state index contributed by atoms with van der Waals surface area (Å²) < 4.78 is 5.55. The van der Waals surface area contributed by atoms with Gasteiger partial charge in [-0.15, -0.1) is 0 Å². The van der Waals surface area contributed by atoms with Crippen molar-refractivity contribution < 1.29 is 14.6 Å². The molecule has 2 atom stereocenters. The summed E-state index contributed by atoms with van der Waals surface area (Å²) in [7, 11) is 0. The van der Waals surface area contributed by atoms with Crippen LogP contribution in [0.5, 0.6) is 0 Å². The first-order chi connectivity index (χ1) is 9.01. The van der Waals surface area contributed by atoms with Gasteiger partial charge in [-0.1, -0.05) is 0 Å². The van der Waals surface area contributed by atoms with Gasteiger partial charge in [0.2, 0.25) is 0 Å². The van der Waals surface area contributed by atoms with Crippen LogP contribution in [0.2, 0.25) is 0 Å². The number of hydrogen-bond acceptors (Lipinski definition) is 6. The Morgan fingerprint density at radius 3 is 2.95 bits per heavy atom. The van der Waals surface area contributed by atoms with E-state index < -0.39 is 5.91 Å². The van der Waals surface area contributed by atoms with Crippen molar-refractivity contribution in [3.8, 4) is 0 Å². The fraction of sp³-hybridized carbons (Fsp3) is 0.500. The Morgan fingerprint density at radius 2 is 2.32 bits per heavy atom. The third-order valence-electron chi connectivity index (χ3n) is 2.99. The van der Waals surface area contributed by atoms with E-state index in [2.05, 4.69) is 4.98 Å². The van der Waals surface area contributed by atoms with Crippen molar-refractivity contribution >= 4 is 17.4 Å². The van der Waals surface area contributed by atoms with Gasteiger partial charge in [0, 0.05) is 13.1 Å². The van der Waals surface area contributed by atoms with E-state index in [0.717, 1.165) is 0 Å². The van der Waals surface area contributed by atoms with Crippen molar-refractivity contribution in [1.82, 2.24) is 4.98 Å². The lowest BCUT2D eigenvalue weighted by Crippen LogP contribution is -2.48. The molecule has 2 rings (SSSR count). The molecule has 104 valence electrons. The van der Waals surface area contributed by atoms with Crippen molar-refractivity contribution in [2.45, 2.75) is 19.1 Å². The number of pyridine rings is 1. The number of aliphatic hydroxyl groups is 1. The number of rotatable bonds is 3. The summed E-state index contributed by atoms with van der Waals surface area (Å²) in [5.74, 6) is -0.0915. The van der Waals surface area contributed by atoms with Crippen molar-refractivity contribution in [2.75, 3.05) is 30.3 Å². The van der Waals surface area contributed by atoms with E-state index in [1.165, 1.54) is 6.07 Å². The minimum absolute atomic E-state index is 0.0515. The Bertz CT molecular complexity index is 480. The SMILES string of the molecule is CC1CN(c2nc(C(N)=O)ccc2N)CC(CO)O1. The van der Waals surface area contributed by atoms with E-state index in [9.17, 15) is 9.90 Å². The molecule has 2 heterocycles. The van der Waals surface area contributed by atoms with Crippen LogP contribution in [0.25, 0.3) is 0 Å². The van der Waals surface area contributed by atoms with Gasteiger partial charge in [-0.3, -0.25) is 4.79 Å². The third-order valence-corrected chi connectivity index (χ3v) is 2.99. The highest BCUT2D eigenvalue weighted by Crippen LogP contribution is 2.24. The number of aromatic nitrogens is 1. The summed E-state index contributed by atoms with van der Waals surface area (Å²) in [6.07, 6.45) is -0.341. The molecule has 0 aliphatic carbocycles. The number of anilines is 2. The number of aliphatic hydroxyl groups excluding tert-OH is 1. The van der Waals surface area contributed by atoms with Crippen LogP contribution in [-0.4, -0.2) is 47.9 Å². The molecule has 1 aromatic heterocycles. The average Bonchev–Trinajstić information content (AvgIpc) is 2.38. The van der Waals surface area contributed by atoms with Crippen LogP contribution in [0.15, 0.2) is 12.1 Å². The summed E-state index contributed by atoms with van der Waals surface area (Å²) >= 11 is 0. The summed E-state index contributed by atoms with van der Waals surface area (Å²) in [5.41, 5.74) is 11.7. The molecule has 0 radical (unpaired) electrons. The molecule has 2 unspecified atom stereocenters. The first kappa shape index (κ1) is 13.6. The minimum Gasteiger partial charge on any atom is -0.396 e. The number of amides is 1. The van der Waals surface area contributed by atoms with Gasteiger partial charge in [-0.25, -0.2) is 4.98 Å². The van der Waals surface area contributed by atoms with Crippen molar-refractivity contribution in [1.29, 1.82) is 0 Å². The van der Waals surface area contributed by atoms with Gasteiger partial charge in [0.05, 0.1) is 24.5 Å². The van der Waals surface area contributed by atoms with E-state index in [1.54, 1.807) is 6.07 Å². The third kappa shape index (κ3) is 2.94. The predicted octanol–water partition coefficient (Wildman–Crippen LogP) is -0.651. The van der Waals surface area contributed by atoms with Gasteiger partial charge in [-0.05, 0) is 19.1 Å². The van der Waals surface area contributed by atoms with Gasteiger partial charge >= 0.3 is 0 Å². The zero-order chi connectivity index (χ0) is 14.0. The van der Waals surface area contributed by atoms with Crippen LogP contribution in [0.1, 0.15) is 17.4 Å². The number of hydrogen-bond donors (Lipinski definition) is 3. The number of nitrogens with zero attached hydrogens (tertiary/aromatic N) is 2. The normalized spacial score (nSPS) is 23.4. The Balaban J connectivity index is 2.29. The summed E-state index contributed by atoms with van der Waals surface area (Å²) in [6, 6.07) is 3.10. The van der Waals surface area contributed by atoms with Gasteiger partial charge in [0.25, 0.3) is 5.91 Å². The number of nitrogens with two attached hydrogens (primary N) is 2. The average molecular weight is 266 g/mol. The number of morpholine rings is 1. The molecule has 5 N–H and O–H groups in total. The van der Waals surface area contributed by atoms with Gasteiger partial charge < -0.3 is 26.2 Å². The number of carbonyl (C=O) groups is 1. The van der Waals surface area contributed by atoms with Crippen molar-refractivity contribution in [3.63, 3.8) is 0 Å². The molecule has 1 saturated heterocycles. The Morgan fingerprint density at radius 1 is 1.58 bits per heavy atom. The number of nitrogen functional groups attached to an aromatic ring is 1. The molecule has 0 spiro atoms. The fourth-order valence-corrected chi connectivity index (χ4v) is 2.17. The van der Waals surface area contributed by atoms with Crippen molar-refractivity contribution in [3.05, 3.63) is 17.8 Å². The largest absolute Gasteiger partial charge is 0.396 e. The lowest BCUT2D eigenvalue weighted by atomic mass is 10.2. The first-order valence-electron chi connectivity index (χ1n) is 6.09. The number of ether oxygens (including phenoxy) is 1. The fourth-order valence-electron chi connectivity index (χ4n) is 2.17. The number of carbonyl (C=O) groups excluding carboxylic acids is 1. The molecule has 7 heteroatoms. The number of primary amides is 1. The molecule has 0 saturated carbocycles. The second-order valence-corrected chi connectivity index (χ2v) is 4.63. The zero-order valence-electron chi connectivity index (χ0n) is 10.7. The quantitative estimate of drug-likeness (QED) is 0.669. The molecule has 1 aliphatic heterocycles. The van der Waals surface area contributed by atoms with E-state index >= 15 is 0 Å². The second-order valence-electron chi connectivity index (χ2n) is 4.63. The second kappa shape index (κ2) is 5.41. The first-order valence-corrected chi connectivity index (χ1v) is 6.09. The maximum atomic E-state index is 11.2. The van der Waals surface area contributed by atoms with Gasteiger partial charge in [0.15, 0.2) is 5.82 Å².